The van der Waals surface area contributed by atoms with Gasteiger partial charge in [0.25, 0.3) is 0 Å². The quantitative estimate of drug-likeness (QED) is 0.854. The van der Waals surface area contributed by atoms with Crippen molar-refractivity contribution in [3.05, 3.63) is 65.7 Å². The zero-order chi connectivity index (χ0) is 13.5. The lowest BCUT2D eigenvalue weighted by Gasteiger charge is -2.14. The molecule has 100 valence electrons. The van der Waals surface area contributed by atoms with Crippen molar-refractivity contribution in [2.75, 3.05) is 7.11 Å². The third-order valence-electron chi connectivity index (χ3n) is 3.20. The van der Waals surface area contributed by atoms with E-state index in [1.54, 1.807) is 7.11 Å². The summed E-state index contributed by atoms with van der Waals surface area (Å²) in [5, 5.41) is 3.54. The van der Waals surface area contributed by atoms with Crippen LogP contribution in [0.25, 0.3) is 0 Å². The lowest BCUT2D eigenvalue weighted by Crippen LogP contribution is -2.27. The predicted molar refractivity (Wildman–Crippen MR) is 79.4 cm³/mol. The van der Waals surface area contributed by atoms with E-state index >= 15 is 0 Å². The zero-order valence-corrected chi connectivity index (χ0v) is 11.6. The molecule has 0 spiro atoms. The Morgan fingerprint density at radius 2 is 1.63 bits per heavy atom. The van der Waals surface area contributed by atoms with Gasteiger partial charge in [0.1, 0.15) is 5.75 Å². The van der Waals surface area contributed by atoms with Crippen molar-refractivity contribution in [1.82, 2.24) is 5.32 Å². The van der Waals surface area contributed by atoms with Crippen LogP contribution in [-0.2, 0) is 13.0 Å². The van der Waals surface area contributed by atoms with Crippen molar-refractivity contribution < 1.29 is 4.74 Å². The number of methoxy groups -OCH3 is 1. The summed E-state index contributed by atoms with van der Waals surface area (Å²) in [5.41, 5.74) is 2.65. The molecule has 0 saturated heterocycles. The van der Waals surface area contributed by atoms with Gasteiger partial charge in [-0.05, 0) is 36.6 Å². The molecule has 1 atom stereocenters. The molecule has 0 aliphatic heterocycles. The zero-order valence-electron chi connectivity index (χ0n) is 11.6. The Morgan fingerprint density at radius 3 is 2.26 bits per heavy atom. The maximum atomic E-state index is 5.15. The van der Waals surface area contributed by atoms with Crippen LogP contribution in [0.3, 0.4) is 0 Å². The average Bonchev–Trinajstić information content (AvgIpc) is 2.47. The summed E-state index contributed by atoms with van der Waals surface area (Å²) >= 11 is 0. The third-order valence-corrected chi connectivity index (χ3v) is 3.20. The fraction of sp³-hybridized carbons (Fsp3) is 0.294. The minimum atomic E-state index is 0.463. The molecule has 2 aromatic rings. The molecule has 1 unspecified atom stereocenters. The molecule has 2 aromatic carbocycles. The molecule has 0 saturated carbocycles. The van der Waals surface area contributed by atoms with E-state index in [9.17, 15) is 0 Å². The van der Waals surface area contributed by atoms with Gasteiger partial charge in [-0.2, -0.15) is 0 Å². The molecule has 0 radical (unpaired) electrons. The molecule has 2 rings (SSSR count). The molecule has 0 heterocycles. The summed E-state index contributed by atoms with van der Waals surface area (Å²) in [6.07, 6.45) is 1.05. The molecule has 0 bridgehead atoms. The van der Waals surface area contributed by atoms with Gasteiger partial charge in [-0.25, -0.2) is 0 Å². The van der Waals surface area contributed by atoms with Crippen molar-refractivity contribution in [3.8, 4) is 5.75 Å². The van der Waals surface area contributed by atoms with Crippen LogP contribution in [-0.4, -0.2) is 13.2 Å². The number of ether oxygens (including phenoxy) is 1. The van der Waals surface area contributed by atoms with Crippen molar-refractivity contribution >= 4 is 0 Å². The molecule has 0 amide bonds. The minimum Gasteiger partial charge on any atom is -0.497 e. The highest BCUT2D eigenvalue weighted by atomic mass is 16.5. The fourth-order valence-corrected chi connectivity index (χ4v) is 2.08. The van der Waals surface area contributed by atoms with Gasteiger partial charge in [0.05, 0.1) is 7.11 Å². The first-order valence-electron chi connectivity index (χ1n) is 6.68. The Labute approximate surface area is 115 Å². The van der Waals surface area contributed by atoms with Gasteiger partial charge in [-0.3, -0.25) is 0 Å². The third kappa shape index (κ3) is 4.42. The summed E-state index contributed by atoms with van der Waals surface area (Å²) in [6.45, 7) is 3.11. The average molecular weight is 255 g/mol. The smallest absolute Gasteiger partial charge is 0.118 e. The largest absolute Gasteiger partial charge is 0.497 e. The van der Waals surface area contributed by atoms with Crippen LogP contribution in [0.4, 0.5) is 0 Å². The second-order valence-electron chi connectivity index (χ2n) is 4.82. The van der Waals surface area contributed by atoms with E-state index < -0.39 is 0 Å². The Kier molecular flexibility index (Phi) is 4.99. The molecule has 19 heavy (non-hydrogen) atoms. The number of hydrogen-bond acceptors (Lipinski definition) is 2. The Morgan fingerprint density at radius 1 is 0.947 bits per heavy atom. The van der Waals surface area contributed by atoms with Gasteiger partial charge in [-0.15, -0.1) is 0 Å². The Balaban J connectivity index is 1.81. The number of hydrogen-bond donors (Lipinski definition) is 1. The van der Waals surface area contributed by atoms with Gasteiger partial charge in [0.15, 0.2) is 0 Å². The molecule has 2 heteroatoms. The van der Waals surface area contributed by atoms with E-state index in [-0.39, 0.29) is 0 Å². The second kappa shape index (κ2) is 6.95. The maximum Gasteiger partial charge on any atom is 0.118 e. The number of benzene rings is 2. The molecule has 0 aliphatic rings. The van der Waals surface area contributed by atoms with Crippen LogP contribution in [0.1, 0.15) is 18.1 Å². The minimum absolute atomic E-state index is 0.463. The maximum absolute atomic E-state index is 5.15. The highest BCUT2D eigenvalue weighted by Crippen LogP contribution is 2.11. The molecule has 0 aromatic heterocycles. The lowest BCUT2D eigenvalue weighted by molar-refractivity contribution is 0.414. The summed E-state index contributed by atoms with van der Waals surface area (Å²) < 4.78 is 5.15. The molecular formula is C17H21NO. The normalized spacial score (nSPS) is 12.1. The fourth-order valence-electron chi connectivity index (χ4n) is 2.08. The van der Waals surface area contributed by atoms with Crippen molar-refractivity contribution in [3.63, 3.8) is 0 Å². The van der Waals surface area contributed by atoms with E-state index in [0.29, 0.717) is 6.04 Å². The van der Waals surface area contributed by atoms with Gasteiger partial charge in [-0.1, -0.05) is 42.5 Å². The van der Waals surface area contributed by atoms with Crippen LogP contribution >= 0.6 is 0 Å². The van der Waals surface area contributed by atoms with Crippen LogP contribution in [0, 0.1) is 0 Å². The molecular weight excluding hydrogens is 234 g/mol. The Bertz CT molecular complexity index is 478. The van der Waals surface area contributed by atoms with E-state index in [1.807, 2.05) is 12.1 Å². The topological polar surface area (TPSA) is 21.3 Å². The predicted octanol–water partition coefficient (Wildman–Crippen LogP) is 3.42. The number of nitrogens with one attached hydrogen (secondary N) is 1. The summed E-state index contributed by atoms with van der Waals surface area (Å²) in [6, 6.07) is 19.2. The summed E-state index contributed by atoms with van der Waals surface area (Å²) in [5.74, 6) is 0.904. The highest BCUT2D eigenvalue weighted by molar-refractivity contribution is 5.27. The van der Waals surface area contributed by atoms with Crippen molar-refractivity contribution in [2.45, 2.75) is 25.9 Å². The first-order chi connectivity index (χ1) is 9.28. The second-order valence-corrected chi connectivity index (χ2v) is 4.82. The summed E-state index contributed by atoms with van der Waals surface area (Å²) in [7, 11) is 1.69. The van der Waals surface area contributed by atoms with E-state index in [2.05, 4.69) is 54.7 Å². The molecule has 0 fully saturated rings. The van der Waals surface area contributed by atoms with E-state index in [4.69, 9.17) is 4.74 Å². The molecule has 1 N–H and O–H groups in total. The van der Waals surface area contributed by atoms with Crippen molar-refractivity contribution in [2.24, 2.45) is 0 Å². The summed E-state index contributed by atoms with van der Waals surface area (Å²) in [4.78, 5) is 0. The van der Waals surface area contributed by atoms with Crippen molar-refractivity contribution in [1.29, 1.82) is 0 Å². The van der Waals surface area contributed by atoms with Crippen LogP contribution < -0.4 is 10.1 Å². The SMILES string of the molecule is COc1ccc(CNC(C)Cc2ccccc2)cc1. The van der Waals surface area contributed by atoms with E-state index in [1.165, 1.54) is 11.1 Å². The van der Waals surface area contributed by atoms with Gasteiger partial charge < -0.3 is 10.1 Å². The van der Waals surface area contributed by atoms with Gasteiger partial charge >= 0.3 is 0 Å². The standard InChI is InChI=1S/C17H21NO/c1-14(12-15-6-4-3-5-7-15)18-13-16-8-10-17(19-2)11-9-16/h3-11,14,18H,12-13H2,1-2H3. The van der Waals surface area contributed by atoms with E-state index in [0.717, 1.165) is 18.7 Å². The van der Waals surface area contributed by atoms with Gasteiger partial charge in [0.2, 0.25) is 0 Å². The number of rotatable bonds is 6. The highest BCUT2D eigenvalue weighted by Gasteiger charge is 2.03. The molecule has 0 aliphatic carbocycles. The first kappa shape index (κ1) is 13.6. The lowest BCUT2D eigenvalue weighted by atomic mass is 10.1. The monoisotopic (exact) mass is 255 g/mol. The Hall–Kier alpha value is -1.80. The molecule has 2 nitrogen and oxygen atoms in total. The van der Waals surface area contributed by atoms with Gasteiger partial charge in [0, 0.05) is 12.6 Å². The van der Waals surface area contributed by atoms with Crippen LogP contribution in [0.15, 0.2) is 54.6 Å². The first-order valence-corrected chi connectivity index (χ1v) is 6.68. The van der Waals surface area contributed by atoms with Crippen LogP contribution in [0.5, 0.6) is 5.75 Å². The van der Waals surface area contributed by atoms with Crippen LogP contribution in [0.2, 0.25) is 0 Å².